The number of nitrogens with one attached hydrogen (secondary N) is 1. The number of aliphatic hydroxyl groups excluding tert-OH is 1. The molecule has 0 aromatic heterocycles. The number of methoxy groups -OCH3 is 1. The van der Waals surface area contributed by atoms with E-state index < -0.39 is 31.5 Å². The zero-order chi connectivity index (χ0) is 37.2. The average Bonchev–Trinajstić information content (AvgIpc) is 3.54. The van der Waals surface area contributed by atoms with Gasteiger partial charge in [-0.25, -0.2) is 0 Å². The zero-order valence-electron chi connectivity index (χ0n) is 29.7. The summed E-state index contributed by atoms with van der Waals surface area (Å²) in [6.07, 6.45) is -0.786. The summed E-state index contributed by atoms with van der Waals surface area (Å²) in [4.78, 5) is 56.9. The molecule has 0 bridgehead atoms. The summed E-state index contributed by atoms with van der Waals surface area (Å²) in [7, 11) is -1.46. The van der Waals surface area contributed by atoms with E-state index in [4.69, 9.17) is 9.47 Å². The molecule has 0 saturated carbocycles. The van der Waals surface area contributed by atoms with E-state index in [2.05, 4.69) is 21.2 Å². The number of carbonyl (C=O) groups excluding carboxylic acids is 3. The van der Waals surface area contributed by atoms with Crippen LogP contribution in [-0.2, 0) is 33.0 Å². The summed E-state index contributed by atoms with van der Waals surface area (Å²) >= 11 is 3.60. The van der Waals surface area contributed by atoms with Gasteiger partial charge in [0, 0.05) is 45.8 Å². The highest BCUT2D eigenvalue weighted by molar-refractivity contribution is 9.10. The lowest BCUT2D eigenvalue weighted by Gasteiger charge is -2.32. The number of rotatable bonds is 12. The normalized spacial score (nSPS) is 20.9. The van der Waals surface area contributed by atoms with Crippen molar-refractivity contribution >= 4 is 53.3 Å². The third kappa shape index (κ3) is 7.44. The van der Waals surface area contributed by atoms with Crippen LogP contribution >= 0.6 is 15.9 Å². The molecule has 4 aromatic rings. The third-order valence-electron chi connectivity index (χ3n) is 10.1. The Bertz CT molecular complexity index is 1940. The fraction of sp³-hybridized carbons (Fsp3) is 0.325. The highest BCUT2D eigenvalue weighted by Crippen LogP contribution is 2.60. The molecule has 2 aliphatic rings. The summed E-state index contributed by atoms with van der Waals surface area (Å²) in [5.41, 5.74) is 2.25. The third-order valence-corrected chi connectivity index (χ3v) is 13.1. The molecular weight excluding hydrogens is 742 g/mol. The van der Waals surface area contributed by atoms with Crippen molar-refractivity contribution in [2.45, 2.75) is 56.8 Å². The van der Waals surface area contributed by atoms with Crippen LogP contribution in [0, 0.1) is 5.92 Å². The molecule has 12 heteroatoms. The molecular formula is C40H44BrN3O7Si. The van der Waals surface area contributed by atoms with Crippen LogP contribution in [0.3, 0.4) is 0 Å². The van der Waals surface area contributed by atoms with Gasteiger partial charge in [0.1, 0.15) is 5.75 Å². The van der Waals surface area contributed by atoms with Crippen LogP contribution in [0.4, 0.5) is 11.4 Å². The Morgan fingerprint density at radius 1 is 1.00 bits per heavy atom. The summed E-state index contributed by atoms with van der Waals surface area (Å²) in [5.74, 6) is -0.572. The molecule has 1 spiro atoms. The number of amides is 3. The topological polar surface area (TPSA) is 129 Å². The maximum Gasteiger partial charge on any atom is 0.264 e. The van der Waals surface area contributed by atoms with E-state index in [1.54, 1.807) is 47.2 Å². The number of nitrogens with zero attached hydrogens (tertiary/aromatic N) is 2. The van der Waals surface area contributed by atoms with Gasteiger partial charge in [-0.2, -0.15) is 0 Å². The quantitative estimate of drug-likeness (QED) is 0.141. The first-order chi connectivity index (χ1) is 24.8. The minimum absolute atomic E-state index is 0.0485. The number of hydrogen-bond donors (Lipinski definition) is 3. The Kier molecular flexibility index (Phi) is 11.0. The highest BCUT2D eigenvalue weighted by atomic mass is 79.9. The number of hydrogen-bond acceptors (Lipinski definition) is 7. The van der Waals surface area contributed by atoms with E-state index in [-0.39, 0.29) is 43.8 Å². The second-order valence-electron chi connectivity index (χ2n) is 14.0. The Labute approximate surface area is 313 Å². The van der Waals surface area contributed by atoms with Crippen LogP contribution in [0.2, 0.25) is 18.6 Å². The first kappa shape index (κ1) is 37.4. The van der Waals surface area contributed by atoms with Gasteiger partial charge >= 0.3 is 0 Å². The van der Waals surface area contributed by atoms with Crippen molar-refractivity contribution in [3.05, 3.63) is 124 Å². The van der Waals surface area contributed by atoms with Gasteiger partial charge in [0.25, 0.3) is 11.8 Å². The first-order valence-corrected chi connectivity index (χ1v) is 21.2. The SMILES string of the molecule is COc1ccc(C(=O)Nc2cccc(CN3C(=O)[C@]4(O[C@H](CC(=O)N(CCO)Cc5ccccc5)[C@@H]([Si](C)(C)O)[C@@H]4C)c4cc(Br)ccc43)c2)cc1. The van der Waals surface area contributed by atoms with Gasteiger partial charge < -0.3 is 34.5 Å². The monoisotopic (exact) mass is 785 g/mol. The van der Waals surface area contributed by atoms with Gasteiger partial charge in [-0.3, -0.25) is 14.4 Å². The first-order valence-electron chi connectivity index (χ1n) is 17.3. The number of fused-ring (bicyclic) bond motifs is 2. The van der Waals surface area contributed by atoms with Gasteiger partial charge in [-0.1, -0.05) is 65.3 Å². The molecule has 52 heavy (non-hydrogen) atoms. The second-order valence-corrected chi connectivity index (χ2v) is 18.9. The van der Waals surface area contributed by atoms with Crippen molar-refractivity contribution in [1.29, 1.82) is 0 Å². The molecule has 1 saturated heterocycles. The van der Waals surface area contributed by atoms with Crippen molar-refractivity contribution in [2.75, 3.05) is 30.5 Å². The number of aliphatic hydroxyl groups is 1. The van der Waals surface area contributed by atoms with Crippen molar-refractivity contribution < 1.29 is 33.8 Å². The maximum atomic E-state index is 14.9. The highest BCUT2D eigenvalue weighted by Gasteiger charge is 2.66. The summed E-state index contributed by atoms with van der Waals surface area (Å²) in [6, 6.07) is 29.4. The molecule has 272 valence electrons. The fourth-order valence-electron chi connectivity index (χ4n) is 7.80. The van der Waals surface area contributed by atoms with Crippen LogP contribution in [0.25, 0.3) is 0 Å². The van der Waals surface area contributed by atoms with Gasteiger partial charge in [0.05, 0.1) is 38.5 Å². The number of ether oxygens (including phenoxy) is 2. The smallest absolute Gasteiger partial charge is 0.264 e. The fourth-order valence-corrected chi connectivity index (χ4v) is 10.7. The molecule has 0 radical (unpaired) electrons. The van der Waals surface area contributed by atoms with E-state index >= 15 is 0 Å². The van der Waals surface area contributed by atoms with Crippen LogP contribution in [-0.4, -0.2) is 67.2 Å². The molecule has 3 N–H and O–H groups in total. The molecule has 4 aromatic carbocycles. The lowest BCUT2D eigenvalue weighted by Crippen LogP contribution is -2.46. The average molecular weight is 787 g/mol. The zero-order valence-corrected chi connectivity index (χ0v) is 32.3. The van der Waals surface area contributed by atoms with Gasteiger partial charge in [-0.15, -0.1) is 0 Å². The minimum Gasteiger partial charge on any atom is -0.497 e. The van der Waals surface area contributed by atoms with Crippen molar-refractivity contribution in [1.82, 2.24) is 4.90 Å². The summed E-state index contributed by atoms with van der Waals surface area (Å²) < 4.78 is 12.9. The van der Waals surface area contributed by atoms with E-state index in [9.17, 15) is 24.3 Å². The van der Waals surface area contributed by atoms with Crippen LogP contribution in [0.1, 0.15) is 40.4 Å². The van der Waals surface area contributed by atoms with Gasteiger partial charge in [0.2, 0.25) is 5.91 Å². The molecule has 2 heterocycles. The number of anilines is 2. The molecule has 2 aliphatic heterocycles. The van der Waals surface area contributed by atoms with Gasteiger partial charge in [-0.05, 0) is 78.8 Å². The van der Waals surface area contributed by atoms with Crippen molar-refractivity contribution in [2.24, 2.45) is 5.92 Å². The molecule has 0 unspecified atom stereocenters. The van der Waals surface area contributed by atoms with Gasteiger partial charge in [0.15, 0.2) is 13.9 Å². The van der Waals surface area contributed by atoms with E-state index in [1.165, 1.54) is 0 Å². The molecule has 3 amide bonds. The standard InChI is InChI=1S/C40H44BrN3O7Si/c1-26-37(52(3,4)49)35(23-36(46)43(19-20-45)24-27-9-6-5-7-10-27)51-40(26)33-22-30(41)15-18-34(33)44(39(40)48)25-28-11-8-12-31(21-28)42-38(47)29-13-16-32(50-2)17-14-29/h5-18,21-22,26,35,37,45,49H,19-20,23-25H2,1-4H3,(H,42,47)/t26-,35+,37-,40+/m0/s1. The number of benzene rings is 4. The Hall–Kier alpha value is -4.33. The van der Waals surface area contributed by atoms with Crippen molar-refractivity contribution in [3.63, 3.8) is 0 Å². The van der Waals surface area contributed by atoms with E-state index in [0.717, 1.165) is 15.6 Å². The lowest BCUT2D eigenvalue weighted by molar-refractivity contribution is -0.150. The Morgan fingerprint density at radius 3 is 2.38 bits per heavy atom. The maximum absolute atomic E-state index is 14.9. The summed E-state index contributed by atoms with van der Waals surface area (Å²) in [6.45, 7) is 6.07. The van der Waals surface area contributed by atoms with E-state index in [1.807, 2.05) is 86.7 Å². The number of carbonyl (C=O) groups is 3. The lowest BCUT2D eigenvalue weighted by atomic mass is 9.82. The molecule has 6 rings (SSSR count). The minimum atomic E-state index is -3.03. The predicted molar refractivity (Wildman–Crippen MR) is 205 cm³/mol. The largest absolute Gasteiger partial charge is 0.497 e. The second kappa shape index (κ2) is 15.3. The van der Waals surface area contributed by atoms with Crippen LogP contribution in [0.15, 0.2) is 102 Å². The van der Waals surface area contributed by atoms with Crippen LogP contribution < -0.4 is 15.0 Å². The molecule has 10 nitrogen and oxygen atoms in total. The van der Waals surface area contributed by atoms with E-state index in [0.29, 0.717) is 34.8 Å². The predicted octanol–water partition coefficient (Wildman–Crippen LogP) is 6.47. The van der Waals surface area contributed by atoms with Crippen molar-refractivity contribution in [3.8, 4) is 5.75 Å². The summed E-state index contributed by atoms with van der Waals surface area (Å²) in [5, 5.41) is 12.8. The van der Waals surface area contributed by atoms with Crippen LogP contribution in [0.5, 0.6) is 5.75 Å². The molecule has 0 aliphatic carbocycles. The molecule has 4 atom stereocenters. The Balaban J connectivity index is 1.28. The molecule has 1 fully saturated rings. The number of halogens is 1. The Morgan fingerprint density at radius 2 is 1.71 bits per heavy atom.